The number of rotatable bonds is 1. The van der Waals surface area contributed by atoms with Gasteiger partial charge >= 0.3 is 0 Å². The maximum absolute atomic E-state index is 12.9. The van der Waals surface area contributed by atoms with Crippen molar-refractivity contribution in [3.63, 3.8) is 0 Å². The van der Waals surface area contributed by atoms with Crippen LogP contribution in [0.5, 0.6) is 0 Å². The molecule has 1 amide bonds. The zero-order valence-corrected chi connectivity index (χ0v) is 12.9. The van der Waals surface area contributed by atoms with Crippen molar-refractivity contribution >= 4 is 22.2 Å². The molecular formula is C15H17N3O3S. The van der Waals surface area contributed by atoms with Crippen LogP contribution in [-0.2, 0) is 4.74 Å². The summed E-state index contributed by atoms with van der Waals surface area (Å²) in [5.41, 5.74) is -0.128. The largest absolute Gasteiger partial charge is 0.374 e. The first-order valence-corrected chi connectivity index (χ1v) is 8.51. The summed E-state index contributed by atoms with van der Waals surface area (Å²) < 4.78 is 7.24. The normalized spacial score (nSPS) is 25.2. The van der Waals surface area contributed by atoms with Gasteiger partial charge in [-0.2, -0.15) is 0 Å². The molecule has 0 bridgehead atoms. The van der Waals surface area contributed by atoms with Gasteiger partial charge in [0.25, 0.3) is 11.5 Å². The number of carbonyl (C=O) groups is 1. The number of carbonyl (C=O) groups excluding carboxylic acids is 1. The van der Waals surface area contributed by atoms with Crippen LogP contribution < -0.4 is 5.56 Å². The molecule has 0 unspecified atom stereocenters. The SMILES string of the molecule is O=C(c1cnc2sccn2c1=O)N1CCO[C@H]2CCCC[C@@H]21. The number of fused-ring (bicyclic) bond motifs is 2. The van der Waals surface area contributed by atoms with E-state index in [1.807, 2.05) is 4.90 Å². The molecule has 1 saturated heterocycles. The van der Waals surface area contributed by atoms with Crippen LogP contribution in [0.1, 0.15) is 36.0 Å². The van der Waals surface area contributed by atoms with Crippen molar-refractivity contribution in [3.05, 3.63) is 33.7 Å². The molecule has 2 atom stereocenters. The lowest BCUT2D eigenvalue weighted by Gasteiger charge is -2.43. The van der Waals surface area contributed by atoms with Crippen molar-refractivity contribution in [2.75, 3.05) is 13.2 Å². The smallest absolute Gasteiger partial charge is 0.271 e. The number of hydrogen-bond donors (Lipinski definition) is 0. The van der Waals surface area contributed by atoms with Gasteiger partial charge < -0.3 is 9.64 Å². The number of nitrogens with zero attached hydrogens (tertiary/aromatic N) is 3. The maximum atomic E-state index is 12.9. The average Bonchev–Trinajstić information content (AvgIpc) is 3.04. The highest BCUT2D eigenvalue weighted by atomic mass is 32.1. The molecule has 0 spiro atoms. The molecule has 2 aromatic rings. The Kier molecular flexibility index (Phi) is 3.46. The average molecular weight is 319 g/mol. The lowest BCUT2D eigenvalue weighted by molar-refractivity contribution is -0.0753. The first kappa shape index (κ1) is 13.9. The summed E-state index contributed by atoms with van der Waals surface area (Å²) in [5, 5.41) is 1.80. The molecule has 1 aliphatic heterocycles. The number of aromatic nitrogens is 2. The Morgan fingerprint density at radius 1 is 1.36 bits per heavy atom. The number of hydrogen-bond acceptors (Lipinski definition) is 5. The molecule has 2 aliphatic rings. The molecule has 2 fully saturated rings. The van der Waals surface area contributed by atoms with E-state index in [-0.39, 0.29) is 29.2 Å². The quantitative estimate of drug-likeness (QED) is 0.800. The second-order valence-corrected chi connectivity index (χ2v) is 6.67. The molecule has 116 valence electrons. The van der Waals surface area contributed by atoms with Crippen LogP contribution in [0.4, 0.5) is 0 Å². The van der Waals surface area contributed by atoms with Crippen molar-refractivity contribution < 1.29 is 9.53 Å². The van der Waals surface area contributed by atoms with Crippen molar-refractivity contribution in [3.8, 4) is 0 Å². The number of thiazole rings is 1. The van der Waals surface area contributed by atoms with Crippen LogP contribution in [-0.4, -0.2) is 45.5 Å². The van der Waals surface area contributed by atoms with Gasteiger partial charge in [0.05, 0.1) is 18.8 Å². The van der Waals surface area contributed by atoms with Crippen molar-refractivity contribution in [2.24, 2.45) is 0 Å². The van der Waals surface area contributed by atoms with Gasteiger partial charge in [-0.25, -0.2) is 4.98 Å². The second kappa shape index (κ2) is 5.48. The summed E-state index contributed by atoms with van der Waals surface area (Å²) in [6, 6.07) is 0.0950. The van der Waals surface area contributed by atoms with Gasteiger partial charge in [0.1, 0.15) is 5.56 Å². The van der Waals surface area contributed by atoms with E-state index in [1.54, 1.807) is 11.6 Å². The van der Waals surface area contributed by atoms with Crippen molar-refractivity contribution in [1.82, 2.24) is 14.3 Å². The summed E-state index contributed by atoms with van der Waals surface area (Å²) in [7, 11) is 0. The van der Waals surface area contributed by atoms with Crippen LogP contribution in [0.15, 0.2) is 22.6 Å². The predicted molar refractivity (Wildman–Crippen MR) is 82.4 cm³/mol. The fourth-order valence-corrected chi connectivity index (χ4v) is 4.15. The fourth-order valence-electron chi connectivity index (χ4n) is 3.47. The zero-order chi connectivity index (χ0) is 15.1. The predicted octanol–water partition coefficient (Wildman–Crippen LogP) is 1.54. The molecule has 0 radical (unpaired) electrons. The monoisotopic (exact) mass is 319 g/mol. The van der Waals surface area contributed by atoms with Crippen LogP contribution in [0.25, 0.3) is 4.96 Å². The van der Waals surface area contributed by atoms with Gasteiger partial charge in [-0.15, -0.1) is 11.3 Å². The summed E-state index contributed by atoms with van der Waals surface area (Å²) in [4.78, 5) is 32.0. The Morgan fingerprint density at radius 2 is 2.23 bits per heavy atom. The number of ether oxygens (including phenoxy) is 1. The number of amides is 1. The maximum Gasteiger partial charge on any atom is 0.271 e. The molecule has 22 heavy (non-hydrogen) atoms. The Morgan fingerprint density at radius 3 is 3.14 bits per heavy atom. The van der Waals surface area contributed by atoms with Crippen molar-refractivity contribution in [2.45, 2.75) is 37.8 Å². The second-order valence-electron chi connectivity index (χ2n) is 5.79. The fraction of sp³-hybridized carbons (Fsp3) is 0.533. The van der Waals surface area contributed by atoms with Gasteiger partial charge in [0.15, 0.2) is 4.96 Å². The highest BCUT2D eigenvalue weighted by Crippen LogP contribution is 2.29. The lowest BCUT2D eigenvalue weighted by Crippen LogP contribution is -2.55. The molecule has 4 rings (SSSR count). The highest BCUT2D eigenvalue weighted by Gasteiger charge is 2.37. The third-order valence-electron chi connectivity index (χ3n) is 4.57. The summed E-state index contributed by atoms with van der Waals surface area (Å²) in [5.74, 6) is -0.210. The highest BCUT2D eigenvalue weighted by molar-refractivity contribution is 7.15. The molecule has 3 heterocycles. The Hall–Kier alpha value is -1.73. The molecule has 2 aromatic heterocycles. The Labute approximate surface area is 131 Å². The summed E-state index contributed by atoms with van der Waals surface area (Å²) in [6.07, 6.45) is 7.40. The van der Waals surface area contributed by atoms with E-state index in [2.05, 4.69) is 4.98 Å². The molecule has 6 nitrogen and oxygen atoms in total. The van der Waals surface area contributed by atoms with Crippen LogP contribution >= 0.6 is 11.3 Å². The zero-order valence-electron chi connectivity index (χ0n) is 12.1. The van der Waals surface area contributed by atoms with Gasteiger partial charge in [-0.1, -0.05) is 12.8 Å². The third kappa shape index (κ3) is 2.16. The summed E-state index contributed by atoms with van der Waals surface area (Å²) >= 11 is 1.38. The molecule has 1 saturated carbocycles. The number of morpholine rings is 1. The minimum atomic E-state index is -0.282. The van der Waals surface area contributed by atoms with Crippen LogP contribution in [0, 0.1) is 0 Å². The molecule has 0 aromatic carbocycles. The molecule has 7 heteroatoms. The van der Waals surface area contributed by atoms with Gasteiger partial charge in [0, 0.05) is 24.3 Å². The van der Waals surface area contributed by atoms with Crippen LogP contribution in [0.3, 0.4) is 0 Å². The van der Waals surface area contributed by atoms with Crippen molar-refractivity contribution in [1.29, 1.82) is 0 Å². The van der Waals surface area contributed by atoms with E-state index in [4.69, 9.17) is 4.74 Å². The van der Waals surface area contributed by atoms with E-state index < -0.39 is 0 Å². The molecule has 1 aliphatic carbocycles. The van der Waals surface area contributed by atoms with E-state index in [0.29, 0.717) is 18.1 Å². The molecule has 0 N–H and O–H groups in total. The van der Waals surface area contributed by atoms with E-state index in [9.17, 15) is 9.59 Å². The molecular weight excluding hydrogens is 302 g/mol. The minimum absolute atomic E-state index is 0.0950. The van der Waals surface area contributed by atoms with Gasteiger partial charge in [0.2, 0.25) is 0 Å². The van der Waals surface area contributed by atoms with E-state index >= 15 is 0 Å². The standard InChI is InChI=1S/C15H17N3O3S/c19-13(10-9-16-15-18(14(10)20)6-8-22-15)17-5-7-21-12-4-2-1-3-11(12)17/h6,8-9,11-12H,1-5,7H2/t11-,12-/m0/s1. The van der Waals surface area contributed by atoms with Crippen LogP contribution in [0.2, 0.25) is 0 Å². The Balaban J connectivity index is 1.70. The summed E-state index contributed by atoms with van der Waals surface area (Å²) in [6.45, 7) is 1.09. The van der Waals surface area contributed by atoms with Gasteiger partial charge in [-0.05, 0) is 12.8 Å². The van der Waals surface area contributed by atoms with E-state index in [0.717, 1.165) is 25.7 Å². The first-order valence-electron chi connectivity index (χ1n) is 7.63. The lowest BCUT2D eigenvalue weighted by atomic mass is 9.90. The topological polar surface area (TPSA) is 63.9 Å². The Bertz CT molecular complexity index is 767. The van der Waals surface area contributed by atoms with E-state index in [1.165, 1.54) is 21.9 Å². The first-order chi connectivity index (χ1) is 10.8. The van der Waals surface area contributed by atoms with Gasteiger partial charge in [-0.3, -0.25) is 14.0 Å². The third-order valence-corrected chi connectivity index (χ3v) is 5.34. The minimum Gasteiger partial charge on any atom is -0.374 e.